The van der Waals surface area contributed by atoms with E-state index in [1.807, 2.05) is 0 Å². The minimum absolute atomic E-state index is 0.128. The summed E-state index contributed by atoms with van der Waals surface area (Å²) in [5.41, 5.74) is 9.16. The van der Waals surface area contributed by atoms with Gasteiger partial charge in [0.15, 0.2) is 8.32 Å². The average molecular weight is 298 g/mol. The van der Waals surface area contributed by atoms with Gasteiger partial charge >= 0.3 is 11.7 Å². The highest BCUT2D eigenvalue weighted by Crippen LogP contribution is 2.36. The smallest absolute Gasteiger partial charge is 0.421 e. The third kappa shape index (κ3) is 5.41. The van der Waals surface area contributed by atoms with E-state index in [0.717, 1.165) is 0 Å². The Labute approximate surface area is 122 Å². The van der Waals surface area contributed by atoms with Crippen molar-refractivity contribution in [1.82, 2.24) is 0 Å². The van der Waals surface area contributed by atoms with Gasteiger partial charge in [0.1, 0.15) is 0 Å². The maximum absolute atomic E-state index is 11.5. The molecule has 0 rings (SSSR count). The number of esters is 1. The molecule has 5 nitrogen and oxygen atoms in total. The van der Waals surface area contributed by atoms with E-state index in [1.54, 1.807) is 6.92 Å². The molecule has 0 saturated heterocycles. The summed E-state index contributed by atoms with van der Waals surface area (Å²) in [4.78, 5) is 14.5. The van der Waals surface area contributed by atoms with Gasteiger partial charge in [-0.25, -0.2) is 4.79 Å². The number of carbonyl (C=O) groups is 1. The molecule has 0 aliphatic heterocycles. The van der Waals surface area contributed by atoms with Gasteiger partial charge in [0.25, 0.3) is 0 Å². The molecule has 20 heavy (non-hydrogen) atoms. The summed E-state index contributed by atoms with van der Waals surface area (Å²) < 4.78 is 10.8. The van der Waals surface area contributed by atoms with Crippen LogP contribution in [0, 0.1) is 0 Å². The molecule has 0 saturated carbocycles. The predicted octanol–water partition coefficient (Wildman–Crippen LogP) is 3.19. The second-order valence-electron chi connectivity index (χ2n) is 6.13. The van der Waals surface area contributed by atoms with Crippen LogP contribution >= 0.6 is 0 Å². The summed E-state index contributed by atoms with van der Waals surface area (Å²) in [6.45, 7) is 16.9. The lowest BCUT2D eigenvalue weighted by molar-refractivity contribution is -0.139. The van der Waals surface area contributed by atoms with Gasteiger partial charge in [0.05, 0.1) is 6.61 Å². The van der Waals surface area contributed by atoms with Crippen molar-refractivity contribution in [3.05, 3.63) is 17.7 Å². The van der Waals surface area contributed by atoms with Gasteiger partial charge in [-0.15, -0.1) is 0 Å². The third-order valence-electron chi connectivity index (χ3n) is 3.58. The van der Waals surface area contributed by atoms with Crippen LogP contribution in [-0.2, 0) is 14.0 Å². The Kier molecular flexibility index (Phi) is 7.06. The summed E-state index contributed by atoms with van der Waals surface area (Å²) in [5, 5.41) is 0.128. The van der Waals surface area contributed by atoms with Crippen LogP contribution in [0.5, 0.6) is 0 Å². The van der Waals surface area contributed by atoms with Crippen LogP contribution in [0.3, 0.4) is 0 Å². The Morgan fingerprint density at radius 1 is 1.35 bits per heavy atom. The molecule has 114 valence electrons. The Morgan fingerprint density at radius 3 is 2.30 bits per heavy atom. The summed E-state index contributed by atoms with van der Waals surface area (Å²) >= 11 is 0. The Bertz CT molecular complexity index is 419. The zero-order valence-corrected chi connectivity index (χ0v) is 14.4. The van der Waals surface area contributed by atoms with Gasteiger partial charge in [0.2, 0.25) is 0 Å². The van der Waals surface area contributed by atoms with Gasteiger partial charge in [-0.05, 0) is 25.1 Å². The van der Waals surface area contributed by atoms with E-state index in [1.165, 1.54) is 0 Å². The zero-order chi connectivity index (χ0) is 16.0. The third-order valence-corrected chi connectivity index (χ3v) is 8.11. The highest BCUT2D eigenvalue weighted by molar-refractivity contribution is 6.74. The number of hydrogen-bond donors (Lipinski definition) is 0. The zero-order valence-electron chi connectivity index (χ0n) is 13.4. The molecule has 0 aromatic rings. The van der Waals surface area contributed by atoms with Gasteiger partial charge in [-0.2, -0.15) is 4.79 Å². The second kappa shape index (κ2) is 7.52. The molecule has 0 fully saturated rings. The molecule has 0 amide bonds. The predicted molar refractivity (Wildman–Crippen MR) is 82.2 cm³/mol. The lowest BCUT2D eigenvalue weighted by Gasteiger charge is -2.36. The molecule has 0 bridgehead atoms. The van der Waals surface area contributed by atoms with Crippen LogP contribution in [-0.4, -0.2) is 38.0 Å². The van der Waals surface area contributed by atoms with Crippen molar-refractivity contribution < 1.29 is 18.7 Å². The number of nitrogens with zero attached hydrogens (tertiary/aromatic N) is 2. The van der Waals surface area contributed by atoms with Crippen molar-refractivity contribution in [3.63, 3.8) is 0 Å². The quantitative estimate of drug-likeness (QED) is 0.238. The van der Waals surface area contributed by atoms with Gasteiger partial charge in [-0.1, -0.05) is 27.4 Å². The lowest BCUT2D eigenvalue weighted by atomic mass is 10.1. The minimum Gasteiger partial charge on any atom is -0.457 e. The molecule has 6 heteroatoms. The molecular formula is C14H26N2O3Si. The van der Waals surface area contributed by atoms with Crippen LogP contribution in [0.4, 0.5) is 0 Å². The van der Waals surface area contributed by atoms with Crippen LogP contribution in [0.15, 0.2) is 12.2 Å². The Hall–Kier alpha value is -1.23. The number of hydrogen-bond acceptors (Lipinski definition) is 3. The standard InChI is InChI=1S/C14H26N2O3Si/c1-8-18-13(17)12(16-15)11(2)9-10-19-20(6,7)14(3,4)5/h2,8-10H2,1,3-7H3. The SMILES string of the molecule is C=C(CCO[Si](C)(C)C(C)(C)C)C(=[N+]=[N-])C(=O)OCC. The molecule has 0 N–H and O–H groups in total. The van der Waals surface area contributed by atoms with Crippen molar-refractivity contribution in [1.29, 1.82) is 0 Å². The van der Waals surface area contributed by atoms with Crippen LogP contribution in [0.1, 0.15) is 34.1 Å². The maximum Gasteiger partial charge on any atom is 0.421 e. The first-order valence-corrected chi connectivity index (χ1v) is 9.69. The molecule has 0 aromatic carbocycles. The van der Waals surface area contributed by atoms with E-state index in [9.17, 15) is 4.79 Å². The topological polar surface area (TPSA) is 71.9 Å². The first-order valence-electron chi connectivity index (χ1n) is 6.78. The van der Waals surface area contributed by atoms with Crippen LogP contribution in [0.2, 0.25) is 18.1 Å². The second-order valence-corrected chi connectivity index (χ2v) is 10.9. The summed E-state index contributed by atoms with van der Waals surface area (Å²) in [6, 6.07) is 0. The highest BCUT2D eigenvalue weighted by atomic mass is 28.4. The van der Waals surface area contributed by atoms with E-state index >= 15 is 0 Å². The molecule has 0 heterocycles. The van der Waals surface area contributed by atoms with Crippen molar-refractivity contribution in [3.8, 4) is 0 Å². The van der Waals surface area contributed by atoms with E-state index in [-0.39, 0.29) is 17.4 Å². The van der Waals surface area contributed by atoms with Gasteiger partial charge < -0.3 is 14.7 Å². The van der Waals surface area contributed by atoms with Crippen LogP contribution in [0.25, 0.3) is 5.53 Å². The van der Waals surface area contributed by atoms with Crippen molar-refractivity contribution in [2.45, 2.75) is 52.2 Å². The molecule has 0 aromatic heterocycles. The Morgan fingerprint density at radius 2 is 1.90 bits per heavy atom. The van der Waals surface area contributed by atoms with E-state index in [4.69, 9.17) is 14.7 Å². The highest BCUT2D eigenvalue weighted by Gasteiger charge is 2.37. The number of rotatable bonds is 7. The molecule has 0 atom stereocenters. The van der Waals surface area contributed by atoms with E-state index in [0.29, 0.717) is 18.6 Å². The minimum atomic E-state index is -1.82. The molecule has 0 unspecified atom stereocenters. The average Bonchev–Trinajstić information content (AvgIpc) is 2.28. The normalized spacial score (nSPS) is 11.7. The molecule has 0 spiro atoms. The molecule has 0 aliphatic carbocycles. The summed E-state index contributed by atoms with van der Waals surface area (Å²) in [5.74, 6) is -0.660. The molecular weight excluding hydrogens is 272 g/mol. The summed E-state index contributed by atoms with van der Waals surface area (Å²) in [7, 11) is -1.82. The largest absolute Gasteiger partial charge is 0.457 e. The van der Waals surface area contributed by atoms with Crippen molar-refractivity contribution in [2.24, 2.45) is 0 Å². The van der Waals surface area contributed by atoms with Gasteiger partial charge in [0, 0.05) is 18.6 Å². The lowest BCUT2D eigenvalue weighted by Crippen LogP contribution is -2.41. The fraction of sp³-hybridized carbons (Fsp3) is 0.714. The first-order chi connectivity index (χ1) is 9.06. The fourth-order valence-electron chi connectivity index (χ4n) is 1.22. The maximum atomic E-state index is 11.5. The first kappa shape index (κ1) is 18.8. The molecule has 0 aliphatic rings. The Balaban J connectivity index is 4.51. The summed E-state index contributed by atoms with van der Waals surface area (Å²) in [6.07, 6.45) is 0.435. The van der Waals surface area contributed by atoms with Crippen LogP contribution < -0.4 is 0 Å². The number of ether oxygens (including phenoxy) is 1. The van der Waals surface area contributed by atoms with E-state index in [2.05, 4.69) is 45.2 Å². The number of carbonyl (C=O) groups excluding carboxylic acids is 1. The van der Waals surface area contributed by atoms with Crippen molar-refractivity contribution in [2.75, 3.05) is 13.2 Å². The molecule has 0 radical (unpaired) electrons. The monoisotopic (exact) mass is 298 g/mol. The van der Waals surface area contributed by atoms with Crippen molar-refractivity contribution >= 4 is 20.0 Å². The fourth-order valence-corrected chi connectivity index (χ4v) is 2.27. The van der Waals surface area contributed by atoms with E-state index < -0.39 is 14.3 Å². The van der Waals surface area contributed by atoms with Gasteiger partial charge in [-0.3, -0.25) is 0 Å².